The maximum absolute atomic E-state index is 13.5. The molecule has 0 amide bonds. The van der Waals surface area contributed by atoms with Gasteiger partial charge >= 0.3 is 5.97 Å². The number of aromatic nitrogens is 1. The Labute approximate surface area is 126 Å². The van der Waals surface area contributed by atoms with Crippen LogP contribution in [0.2, 0.25) is 0 Å². The molecular weight excluding hydrogens is 285 g/mol. The Hall–Kier alpha value is -2.82. The molecule has 0 saturated heterocycles. The molecule has 0 saturated carbocycles. The van der Waals surface area contributed by atoms with Crippen LogP contribution >= 0.6 is 0 Å². The number of aromatic carboxylic acids is 1. The largest absolute Gasteiger partial charge is 0.507 e. The van der Waals surface area contributed by atoms with Crippen molar-refractivity contribution in [2.75, 3.05) is 0 Å². The van der Waals surface area contributed by atoms with E-state index in [1.807, 2.05) is 11.5 Å². The molecule has 0 atom stereocenters. The molecule has 1 heterocycles. The number of benzene rings is 2. The number of carboxylic acid groups (broad SMARTS) is 1. The van der Waals surface area contributed by atoms with Gasteiger partial charge in [-0.2, -0.15) is 0 Å². The van der Waals surface area contributed by atoms with Crippen molar-refractivity contribution in [3.8, 4) is 17.0 Å². The standard InChI is InChI=1S/C17H14FNO3/c1-9-12-7-13(17(21)22)15(20)8-14(12)19(2)16(9)10-4-3-5-11(18)6-10/h3-8,20H,1-2H3,(H,21,22). The highest BCUT2D eigenvalue weighted by Crippen LogP contribution is 2.35. The van der Waals surface area contributed by atoms with Crippen LogP contribution in [-0.2, 0) is 7.05 Å². The van der Waals surface area contributed by atoms with Crippen LogP contribution in [0.4, 0.5) is 4.39 Å². The highest BCUT2D eigenvalue weighted by molar-refractivity contribution is 6.00. The van der Waals surface area contributed by atoms with Crippen LogP contribution in [0.3, 0.4) is 0 Å². The Morgan fingerprint density at radius 3 is 2.59 bits per heavy atom. The van der Waals surface area contributed by atoms with E-state index < -0.39 is 5.97 Å². The summed E-state index contributed by atoms with van der Waals surface area (Å²) >= 11 is 0. The predicted octanol–water partition coefficient (Wildman–Crippen LogP) is 3.70. The maximum atomic E-state index is 13.5. The zero-order valence-corrected chi connectivity index (χ0v) is 12.1. The summed E-state index contributed by atoms with van der Waals surface area (Å²) < 4.78 is 15.3. The minimum atomic E-state index is -1.19. The predicted molar refractivity (Wildman–Crippen MR) is 81.7 cm³/mol. The number of carboxylic acids is 1. The van der Waals surface area contributed by atoms with E-state index in [9.17, 15) is 14.3 Å². The summed E-state index contributed by atoms with van der Waals surface area (Å²) in [6.45, 7) is 1.85. The van der Waals surface area contributed by atoms with Gasteiger partial charge in [-0.25, -0.2) is 9.18 Å². The quantitative estimate of drug-likeness (QED) is 0.758. The number of aryl methyl sites for hydroxylation is 2. The van der Waals surface area contributed by atoms with E-state index in [1.54, 1.807) is 19.2 Å². The number of rotatable bonds is 2. The maximum Gasteiger partial charge on any atom is 0.339 e. The van der Waals surface area contributed by atoms with Gasteiger partial charge in [0.1, 0.15) is 17.1 Å². The second kappa shape index (κ2) is 4.87. The number of aromatic hydroxyl groups is 1. The van der Waals surface area contributed by atoms with Gasteiger partial charge in [-0.15, -0.1) is 0 Å². The van der Waals surface area contributed by atoms with Crippen LogP contribution < -0.4 is 0 Å². The Morgan fingerprint density at radius 1 is 1.23 bits per heavy atom. The first-order valence-corrected chi connectivity index (χ1v) is 6.71. The molecule has 0 radical (unpaired) electrons. The van der Waals surface area contributed by atoms with Crippen molar-refractivity contribution in [2.45, 2.75) is 6.92 Å². The molecule has 4 nitrogen and oxygen atoms in total. The fourth-order valence-corrected chi connectivity index (χ4v) is 2.87. The molecule has 0 spiro atoms. The molecular formula is C17H14FNO3. The summed E-state index contributed by atoms with van der Waals surface area (Å²) in [4.78, 5) is 11.2. The van der Waals surface area contributed by atoms with Crippen molar-refractivity contribution in [3.05, 3.63) is 53.3 Å². The van der Waals surface area contributed by atoms with Crippen molar-refractivity contribution in [1.82, 2.24) is 4.57 Å². The number of hydrogen-bond acceptors (Lipinski definition) is 2. The molecule has 0 unspecified atom stereocenters. The molecule has 22 heavy (non-hydrogen) atoms. The van der Waals surface area contributed by atoms with Crippen LogP contribution in [0.1, 0.15) is 15.9 Å². The SMILES string of the molecule is Cc1c(-c2cccc(F)c2)n(C)c2cc(O)c(C(=O)O)cc12. The minimum Gasteiger partial charge on any atom is -0.507 e. The fourth-order valence-electron chi connectivity index (χ4n) is 2.87. The second-order valence-corrected chi connectivity index (χ2v) is 5.23. The van der Waals surface area contributed by atoms with Crippen molar-refractivity contribution >= 4 is 16.9 Å². The van der Waals surface area contributed by atoms with E-state index in [1.165, 1.54) is 24.3 Å². The van der Waals surface area contributed by atoms with Gasteiger partial charge < -0.3 is 14.8 Å². The smallest absolute Gasteiger partial charge is 0.339 e. The van der Waals surface area contributed by atoms with Crippen molar-refractivity contribution < 1.29 is 19.4 Å². The number of fused-ring (bicyclic) bond motifs is 1. The zero-order valence-electron chi connectivity index (χ0n) is 12.1. The molecule has 2 aromatic carbocycles. The minimum absolute atomic E-state index is 0.146. The average molecular weight is 299 g/mol. The summed E-state index contributed by atoms with van der Waals surface area (Å²) in [5.74, 6) is -1.81. The van der Waals surface area contributed by atoms with Gasteiger partial charge in [0, 0.05) is 24.1 Å². The van der Waals surface area contributed by atoms with E-state index in [-0.39, 0.29) is 17.1 Å². The molecule has 3 aromatic rings. The monoisotopic (exact) mass is 299 g/mol. The van der Waals surface area contributed by atoms with Gasteiger partial charge in [0.05, 0.1) is 11.2 Å². The van der Waals surface area contributed by atoms with Crippen molar-refractivity contribution in [3.63, 3.8) is 0 Å². The topological polar surface area (TPSA) is 62.5 Å². The van der Waals surface area contributed by atoms with Gasteiger partial charge in [0.15, 0.2) is 0 Å². The van der Waals surface area contributed by atoms with Crippen LogP contribution in [-0.4, -0.2) is 20.7 Å². The molecule has 0 bridgehead atoms. The first-order chi connectivity index (χ1) is 10.4. The van der Waals surface area contributed by atoms with Gasteiger partial charge in [-0.3, -0.25) is 0 Å². The molecule has 0 aliphatic heterocycles. The van der Waals surface area contributed by atoms with Gasteiger partial charge in [0.25, 0.3) is 0 Å². The second-order valence-electron chi connectivity index (χ2n) is 5.23. The van der Waals surface area contributed by atoms with Crippen LogP contribution in [0.15, 0.2) is 36.4 Å². The molecule has 0 aliphatic rings. The highest BCUT2D eigenvalue weighted by Gasteiger charge is 2.18. The normalized spacial score (nSPS) is 11.0. The first kappa shape index (κ1) is 14.1. The van der Waals surface area contributed by atoms with Crippen LogP contribution in [0.25, 0.3) is 22.2 Å². The van der Waals surface area contributed by atoms with E-state index in [2.05, 4.69) is 0 Å². The Kier molecular flexibility index (Phi) is 3.13. The third kappa shape index (κ3) is 2.02. The molecule has 3 rings (SSSR count). The lowest BCUT2D eigenvalue weighted by Gasteiger charge is -2.06. The van der Waals surface area contributed by atoms with E-state index in [0.717, 1.165) is 16.6 Å². The van der Waals surface area contributed by atoms with E-state index in [0.29, 0.717) is 11.1 Å². The van der Waals surface area contributed by atoms with Crippen LogP contribution in [0.5, 0.6) is 5.75 Å². The summed E-state index contributed by atoms with van der Waals surface area (Å²) in [5, 5.41) is 19.7. The molecule has 2 N–H and O–H groups in total. The Morgan fingerprint density at radius 2 is 1.95 bits per heavy atom. The average Bonchev–Trinajstić information content (AvgIpc) is 2.69. The van der Waals surface area contributed by atoms with Gasteiger partial charge in [-0.1, -0.05) is 12.1 Å². The molecule has 5 heteroatoms. The molecule has 1 aromatic heterocycles. The summed E-state index contributed by atoms with van der Waals surface area (Å²) in [7, 11) is 1.80. The first-order valence-electron chi connectivity index (χ1n) is 6.71. The summed E-state index contributed by atoms with van der Waals surface area (Å²) in [6.07, 6.45) is 0. The number of phenols is 1. The summed E-state index contributed by atoms with van der Waals surface area (Å²) in [5.41, 5.74) is 2.88. The molecule has 0 aliphatic carbocycles. The Bertz CT molecular complexity index is 912. The third-order valence-corrected chi connectivity index (χ3v) is 3.90. The number of hydrogen-bond donors (Lipinski definition) is 2. The number of carbonyl (C=O) groups is 1. The van der Waals surface area contributed by atoms with Gasteiger partial charge in [0.2, 0.25) is 0 Å². The third-order valence-electron chi connectivity index (χ3n) is 3.90. The zero-order chi connectivity index (χ0) is 16.0. The van der Waals surface area contributed by atoms with Crippen LogP contribution in [0, 0.1) is 12.7 Å². The van der Waals surface area contributed by atoms with Crippen molar-refractivity contribution in [1.29, 1.82) is 0 Å². The highest BCUT2D eigenvalue weighted by atomic mass is 19.1. The lowest BCUT2D eigenvalue weighted by atomic mass is 10.0. The number of nitrogens with zero attached hydrogens (tertiary/aromatic N) is 1. The van der Waals surface area contributed by atoms with Crippen molar-refractivity contribution in [2.24, 2.45) is 7.05 Å². The van der Waals surface area contributed by atoms with Gasteiger partial charge in [-0.05, 0) is 30.7 Å². The fraction of sp³-hybridized carbons (Fsp3) is 0.118. The molecule has 112 valence electrons. The molecule has 0 fully saturated rings. The van der Waals surface area contributed by atoms with E-state index >= 15 is 0 Å². The summed E-state index contributed by atoms with van der Waals surface area (Å²) in [6, 6.07) is 9.10. The lowest BCUT2D eigenvalue weighted by molar-refractivity contribution is 0.0694. The lowest BCUT2D eigenvalue weighted by Crippen LogP contribution is -1.97. The number of halogens is 1. The Balaban J connectivity index is 2.36. The van der Waals surface area contributed by atoms with E-state index in [4.69, 9.17) is 5.11 Å².